The molecule has 60 valence electrons. The largest absolute Gasteiger partial charge is 0.373 e. The topological polar surface area (TPSA) is 12.5 Å². The first-order valence-electron chi connectivity index (χ1n) is 4.40. The van der Waals surface area contributed by atoms with Crippen molar-refractivity contribution < 1.29 is 4.74 Å². The third-order valence-electron chi connectivity index (χ3n) is 1.96. The second-order valence-electron chi connectivity index (χ2n) is 3.63. The molecule has 1 heterocycles. The Balaban J connectivity index is 1.76. The van der Waals surface area contributed by atoms with Gasteiger partial charge in [-0.15, -0.1) is 0 Å². The smallest absolute Gasteiger partial charge is 0.0810 e. The summed E-state index contributed by atoms with van der Waals surface area (Å²) in [6.07, 6.45) is 4.83. The highest BCUT2D eigenvalue weighted by atomic mass is 28.3. The lowest BCUT2D eigenvalue weighted by molar-refractivity contribution is 0.391. The van der Waals surface area contributed by atoms with E-state index in [1.54, 1.807) is 0 Å². The van der Waals surface area contributed by atoms with E-state index in [4.69, 9.17) is 4.74 Å². The van der Waals surface area contributed by atoms with Crippen molar-refractivity contribution in [2.45, 2.75) is 44.5 Å². The molecule has 1 unspecified atom stereocenters. The number of rotatable bonds is 5. The van der Waals surface area contributed by atoms with Gasteiger partial charge in [0, 0.05) is 8.80 Å². The molecule has 0 aromatic carbocycles. The van der Waals surface area contributed by atoms with Crippen LogP contribution in [0.2, 0.25) is 19.1 Å². The van der Waals surface area contributed by atoms with Crippen LogP contribution < -0.4 is 0 Å². The molecule has 0 bridgehead atoms. The lowest BCUT2D eigenvalue weighted by Gasteiger charge is -2.00. The Labute approximate surface area is 65.4 Å². The highest BCUT2D eigenvalue weighted by Gasteiger charge is 2.20. The zero-order valence-corrected chi connectivity index (χ0v) is 8.25. The second kappa shape index (κ2) is 4.14. The third kappa shape index (κ3) is 4.07. The van der Waals surface area contributed by atoms with Gasteiger partial charge < -0.3 is 4.74 Å². The Morgan fingerprint density at radius 3 is 2.60 bits per heavy atom. The van der Waals surface area contributed by atoms with Gasteiger partial charge in [0.15, 0.2) is 0 Å². The average Bonchev–Trinajstić information content (AvgIpc) is 2.62. The summed E-state index contributed by atoms with van der Waals surface area (Å²) in [6.45, 7) is 5.89. The van der Waals surface area contributed by atoms with Crippen molar-refractivity contribution in [3.8, 4) is 0 Å². The van der Waals surface area contributed by atoms with Crippen LogP contribution in [0.4, 0.5) is 0 Å². The molecule has 0 aromatic rings. The zero-order chi connectivity index (χ0) is 7.40. The van der Waals surface area contributed by atoms with E-state index < -0.39 is 0 Å². The molecule has 0 aliphatic carbocycles. The third-order valence-corrected chi connectivity index (χ3v) is 3.52. The molecule has 0 aromatic heterocycles. The van der Waals surface area contributed by atoms with Crippen molar-refractivity contribution >= 4 is 8.80 Å². The first kappa shape index (κ1) is 8.28. The standard InChI is InChI=1S/C8H18OSi/c1-10(2)6-4-3-5-8-7-9-8/h8,10H,3-7H2,1-2H3. The summed E-state index contributed by atoms with van der Waals surface area (Å²) in [4.78, 5) is 0. The quantitative estimate of drug-likeness (QED) is 0.339. The van der Waals surface area contributed by atoms with Crippen molar-refractivity contribution in [1.29, 1.82) is 0 Å². The summed E-state index contributed by atoms with van der Waals surface area (Å²) in [5, 5.41) is 0. The summed E-state index contributed by atoms with van der Waals surface area (Å²) in [7, 11) is -0.254. The maximum Gasteiger partial charge on any atom is 0.0810 e. The number of hydrogen-bond donors (Lipinski definition) is 0. The van der Waals surface area contributed by atoms with Gasteiger partial charge in [0.25, 0.3) is 0 Å². The predicted octanol–water partition coefficient (Wildman–Crippen LogP) is 2.04. The van der Waals surface area contributed by atoms with Gasteiger partial charge in [-0.2, -0.15) is 0 Å². The Morgan fingerprint density at radius 2 is 2.10 bits per heavy atom. The van der Waals surface area contributed by atoms with Crippen LogP contribution in [-0.2, 0) is 4.74 Å². The van der Waals surface area contributed by atoms with Gasteiger partial charge in [-0.05, 0) is 6.42 Å². The minimum Gasteiger partial charge on any atom is -0.373 e. The summed E-state index contributed by atoms with van der Waals surface area (Å²) < 4.78 is 5.13. The van der Waals surface area contributed by atoms with Crippen molar-refractivity contribution in [1.82, 2.24) is 0 Å². The number of unbranched alkanes of at least 4 members (excludes halogenated alkanes) is 1. The van der Waals surface area contributed by atoms with Gasteiger partial charge in [0.05, 0.1) is 12.7 Å². The molecule has 0 spiro atoms. The number of ether oxygens (including phenoxy) is 1. The monoisotopic (exact) mass is 158 g/mol. The van der Waals surface area contributed by atoms with Crippen molar-refractivity contribution in [3.63, 3.8) is 0 Å². The molecular formula is C8H18OSi. The molecule has 2 heteroatoms. The first-order chi connectivity index (χ1) is 4.79. The van der Waals surface area contributed by atoms with Crippen molar-refractivity contribution in [2.75, 3.05) is 6.61 Å². The molecule has 0 amide bonds. The molecular weight excluding hydrogens is 140 g/mol. The highest BCUT2D eigenvalue weighted by molar-refractivity contribution is 6.55. The van der Waals surface area contributed by atoms with Crippen LogP contribution in [0.5, 0.6) is 0 Å². The summed E-state index contributed by atoms with van der Waals surface area (Å²) in [5.41, 5.74) is 0. The minimum atomic E-state index is -0.254. The Kier molecular flexibility index (Phi) is 3.42. The van der Waals surface area contributed by atoms with E-state index in [9.17, 15) is 0 Å². The van der Waals surface area contributed by atoms with Gasteiger partial charge in [-0.1, -0.05) is 32.0 Å². The average molecular weight is 158 g/mol. The van der Waals surface area contributed by atoms with Crippen molar-refractivity contribution in [2.24, 2.45) is 0 Å². The highest BCUT2D eigenvalue weighted by Crippen LogP contribution is 2.17. The predicted molar refractivity (Wildman–Crippen MR) is 47.3 cm³/mol. The van der Waals surface area contributed by atoms with E-state index in [0.717, 1.165) is 6.61 Å². The molecule has 1 saturated heterocycles. The Morgan fingerprint density at radius 1 is 1.40 bits per heavy atom. The van der Waals surface area contributed by atoms with Gasteiger partial charge in [0.1, 0.15) is 0 Å². The van der Waals surface area contributed by atoms with Crippen LogP contribution in [0, 0.1) is 0 Å². The second-order valence-corrected chi connectivity index (χ2v) is 7.00. The van der Waals surface area contributed by atoms with Gasteiger partial charge >= 0.3 is 0 Å². The number of hydrogen-bond acceptors (Lipinski definition) is 1. The fourth-order valence-corrected chi connectivity index (χ4v) is 2.26. The molecule has 0 N–H and O–H groups in total. The molecule has 1 aliphatic heterocycles. The van der Waals surface area contributed by atoms with Crippen LogP contribution in [-0.4, -0.2) is 21.5 Å². The van der Waals surface area contributed by atoms with Gasteiger partial charge in [0.2, 0.25) is 0 Å². The molecule has 10 heavy (non-hydrogen) atoms. The van der Waals surface area contributed by atoms with E-state index in [-0.39, 0.29) is 8.80 Å². The Hall–Kier alpha value is 0.177. The SMILES string of the molecule is C[SiH](C)CCCCC1CO1. The molecule has 1 nitrogen and oxygen atoms in total. The van der Waals surface area contributed by atoms with E-state index >= 15 is 0 Å². The van der Waals surface area contributed by atoms with Gasteiger partial charge in [-0.25, -0.2) is 0 Å². The Bertz CT molecular complexity index is 85.3. The first-order valence-corrected chi connectivity index (χ1v) is 7.53. The maximum absolute atomic E-state index is 5.13. The van der Waals surface area contributed by atoms with E-state index in [1.165, 1.54) is 25.3 Å². The van der Waals surface area contributed by atoms with Crippen molar-refractivity contribution in [3.05, 3.63) is 0 Å². The fraction of sp³-hybridized carbons (Fsp3) is 1.00. The van der Waals surface area contributed by atoms with Crippen LogP contribution >= 0.6 is 0 Å². The minimum absolute atomic E-state index is 0.254. The van der Waals surface area contributed by atoms with Crippen LogP contribution in [0.1, 0.15) is 19.3 Å². The summed E-state index contributed by atoms with van der Waals surface area (Å²) >= 11 is 0. The normalized spacial score (nSPS) is 23.7. The fourth-order valence-electron chi connectivity index (χ4n) is 1.16. The van der Waals surface area contributed by atoms with Crippen LogP contribution in [0.3, 0.4) is 0 Å². The van der Waals surface area contributed by atoms with Crippen LogP contribution in [0.15, 0.2) is 0 Å². The van der Waals surface area contributed by atoms with E-state index in [1.807, 2.05) is 0 Å². The molecule has 0 saturated carbocycles. The lowest BCUT2D eigenvalue weighted by Crippen LogP contribution is -1.98. The summed E-state index contributed by atoms with van der Waals surface area (Å²) in [5.74, 6) is 0. The van der Waals surface area contributed by atoms with E-state index in [0.29, 0.717) is 6.10 Å². The molecule has 0 radical (unpaired) electrons. The zero-order valence-electron chi connectivity index (χ0n) is 7.10. The van der Waals surface area contributed by atoms with Crippen LogP contribution in [0.25, 0.3) is 0 Å². The lowest BCUT2D eigenvalue weighted by atomic mass is 10.2. The molecule has 1 fully saturated rings. The molecule has 1 rings (SSSR count). The number of epoxide rings is 1. The summed E-state index contributed by atoms with van der Waals surface area (Å²) in [6, 6.07) is 1.52. The molecule has 1 aliphatic rings. The maximum atomic E-state index is 5.13. The van der Waals surface area contributed by atoms with E-state index in [2.05, 4.69) is 13.1 Å². The molecule has 1 atom stereocenters. The van der Waals surface area contributed by atoms with Gasteiger partial charge in [-0.3, -0.25) is 0 Å².